The first-order chi connectivity index (χ1) is 6.86. The van der Waals surface area contributed by atoms with Crippen LogP contribution in [0, 0.1) is 5.41 Å². The molecule has 1 aromatic carbocycles. The van der Waals surface area contributed by atoms with Gasteiger partial charge in [-0.25, -0.2) is 0 Å². The van der Waals surface area contributed by atoms with Crippen LogP contribution < -0.4 is 4.74 Å². The van der Waals surface area contributed by atoms with Gasteiger partial charge in [0.2, 0.25) is 0 Å². The average Bonchev–Trinajstić information content (AvgIpc) is 2.15. The molecule has 0 aliphatic heterocycles. The summed E-state index contributed by atoms with van der Waals surface area (Å²) in [7, 11) is 1.61. The minimum Gasteiger partial charge on any atom is -0.496 e. The molecule has 0 radical (unpaired) electrons. The number of ether oxygens (including phenoxy) is 1. The lowest BCUT2D eigenvalue weighted by molar-refractivity contribution is 0.0604. The molecule has 0 saturated carbocycles. The number of hydrogen-bond acceptors (Lipinski definition) is 2. The standard InChI is InChI=1S/C12H17BrO2/c1-12(2,3)11(14)9-6-5-8(13)7-10(9)15-4/h5-7,11,14H,1-4H3. The van der Waals surface area contributed by atoms with E-state index in [-0.39, 0.29) is 5.41 Å². The smallest absolute Gasteiger partial charge is 0.125 e. The van der Waals surface area contributed by atoms with E-state index in [4.69, 9.17) is 4.74 Å². The zero-order valence-corrected chi connectivity index (χ0v) is 11.1. The molecule has 0 aromatic heterocycles. The third-order valence-corrected chi connectivity index (χ3v) is 2.80. The second kappa shape index (κ2) is 4.54. The summed E-state index contributed by atoms with van der Waals surface area (Å²) in [6.45, 7) is 6.00. The van der Waals surface area contributed by atoms with E-state index >= 15 is 0 Å². The van der Waals surface area contributed by atoms with Gasteiger partial charge in [-0.2, -0.15) is 0 Å². The third kappa shape index (κ3) is 2.95. The zero-order valence-electron chi connectivity index (χ0n) is 9.54. The molecule has 84 valence electrons. The number of halogens is 1. The van der Waals surface area contributed by atoms with Crippen LogP contribution in [0.25, 0.3) is 0 Å². The predicted molar refractivity (Wildman–Crippen MR) is 65.1 cm³/mol. The Morgan fingerprint density at radius 3 is 2.40 bits per heavy atom. The summed E-state index contributed by atoms with van der Waals surface area (Å²) in [6.07, 6.45) is -0.527. The van der Waals surface area contributed by atoms with Crippen molar-refractivity contribution in [3.63, 3.8) is 0 Å². The molecule has 0 aliphatic rings. The molecule has 2 nitrogen and oxygen atoms in total. The highest BCUT2D eigenvalue weighted by molar-refractivity contribution is 9.10. The van der Waals surface area contributed by atoms with Gasteiger partial charge in [-0.15, -0.1) is 0 Å². The number of aliphatic hydroxyl groups is 1. The largest absolute Gasteiger partial charge is 0.496 e. The summed E-state index contributed by atoms with van der Waals surface area (Å²) in [4.78, 5) is 0. The molecule has 0 spiro atoms. The van der Waals surface area contributed by atoms with Crippen LogP contribution in [0.2, 0.25) is 0 Å². The molecule has 15 heavy (non-hydrogen) atoms. The first-order valence-electron chi connectivity index (χ1n) is 4.87. The molecule has 1 atom stereocenters. The van der Waals surface area contributed by atoms with E-state index in [0.717, 1.165) is 10.0 Å². The first-order valence-corrected chi connectivity index (χ1v) is 5.67. The molecule has 1 rings (SSSR count). The molecule has 0 saturated heterocycles. The number of hydrogen-bond donors (Lipinski definition) is 1. The Labute approximate surface area is 99.4 Å². The Morgan fingerprint density at radius 2 is 1.93 bits per heavy atom. The number of benzene rings is 1. The number of methoxy groups -OCH3 is 1. The summed E-state index contributed by atoms with van der Waals surface area (Å²) >= 11 is 3.38. The predicted octanol–water partition coefficient (Wildman–Crippen LogP) is 3.54. The van der Waals surface area contributed by atoms with Crippen LogP contribution in [0.15, 0.2) is 22.7 Å². The molecule has 0 amide bonds. The van der Waals surface area contributed by atoms with Crippen LogP contribution in [-0.2, 0) is 0 Å². The first kappa shape index (κ1) is 12.5. The maximum atomic E-state index is 10.2. The van der Waals surface area contributed by atoms with Crippen molar-refractivity contribution in [1.29, 1.82) is 0 Å². The van der Waals surface area contributed by atoms with Crippen LogP contribution in [0.4, 0.5) is 0 Å². The summed E-state index contributed by atoms with van der Waals surface area (Å²) in [6, 6.07) is 5.66. The highest BCUT2D eigenvalue weighted by atomic mass is 79.9. The fourth-order valence-corrected chi connectivity index (χ4v) is 1.72. The highest BCUT2D eigenvalue weighted by Crippen LogP contribution is 2.38. The van der Waals surface area contributed by atoms with Gasteiger partial charge in [0.05, 0.1) is 13.2 Å². The zero-order chi connectivity index (χ0) is 11.6. The summed E-state index contributed by atoms with van der Waals surface area (Å²) in [5.74, 6) is 0.715. The van der Waals surface area contributed by atoms with Crippen molar-refractivity contribution in [2.24, 2.45) is 5.41 Å². The number of rotatable bonds is 2. The monoisotopic (exact) mass is 272 g/mol. The van der Waals surface area contributed by atoms with Crippen molar-refractivity contribution >= 4 is 15.9 Å². The second-order valence-corrected chi connectivity index (χ2v) is 5.57. The van der Waals surface area contributed by atoms with Crippen LogP contribution in [-0.4, -0.2) is 12.2 Å². The van der Waals surface area contributed by atoms with E-state index in [1.807, 2.05) is 39.0 Å². The minimum atomic E-state index is -0.527. The lowest BCUT2D eigenvalue weighted by Gasteiger charge is -2.27. The molecule has 1 aromatic rings. The summed E-state index contributed by atoms with van der Waals surface area (Å²) in [5.41, 5.74) is 0.634. The van der Waals surface area contributed by atoms with Gasteiger partial charge in [0, 0.05) is 10.0 Å². The SMILES string of the molecule is COc1cc(Br)ccc1C(O)C(C)(C)C. The van der Waals surface area contributed by atoms with Gasteiger partial charge >= 0.3 is 0 Å². The van der Waals surface area contributed by atoms with E-state index in [1.165, 1.54) is 0 Å². The van der Waals surface area contributed by atoms with Crippen LogP contribution in [0.5, 0.6) is 5.75 Å². The van der Waals surface area contributed by atoms with E-state index < -0.39 is 6.10 Å². The van der Waals surface area contributed by atoms with Crippen LogP contribution in [0.3, 0.4) is 0 Å². The van der Waals surface area contributed by atoms with Crippen molar-refractivity contribution in [1.82, 2.24) is 0 Å². The lowest BCUT2D eigenvalue weighted by atomic mass is 9.84. The lowest BCUT2D eigenvalue weighted by Crippen LogP contribution is -2.18. The molecular weight excluding hydrogens is 256 g/mol. The molecule has 0 fully saturated rings. The summed E-state index contributed by atoms with van der Waals surface area (Å²) in [5, 5.41) is 10.2. The maximum Gasteiger partial charge on any atom is 0.125 e. The Morgan fingerprint density at radius 1 is 1.33 bits per heavy atom. The molecule has 0 bridgehead atoms. The van der Waals surface area contributed by atoms with Crippen molar-refractivity contribution in [2.75, 3.05) is 7.11 Å². The molecule has 0 heterocycles. The quantitative estimate of drug-likeness (QED) is 0.893. The van der Waals surface area contributed by atoms with Crippen LogP contribution in [0.1, 0.15) is 32.4 Å². The molecule has 1 unspecified atom stereocenters. The fraction of sp³-hybridized carbons (Fsp3) is 0.500. The third-order valence-electron chi connectivity index (χ3n) is 2.31. The van der Waals surface area contributed by atoms with Gasteiger partial charge in [0.1, 0.15) is 5.75 Å². The van der Waals surface area contributed by atoms with Gasteiger partial charge < -0.3 is 9.84 Å². The van der Waals surface area contributed by atoms with Gasteiger partial charge in [-0.1, -0.05) is 42.8 Å². The van der Waals surface area contributed by atoms with Gasteiger partial charge in [0.15, 0.2) is 0 Å². The van der Waals surface area contributed by atoms with Gasteiger partial charge in [0.25, 0.3) is 0 Å². The normalized spacial score (nSPS) is 13.7. The molecule has 3 heteroatoms. The van der Waals surface area contributed by atoms with E-state index in [1.54, 1.807) is 7.11 Å². The number of aliphatic hydroxyl groups excluding tert-OH is 1. The highest BCUT2D eigenvalue weighted by Gasteiger charge is 2.26. The average molecular weight is 273 g/mol. The molecule has 1 N–H and O–H groups in total. The van der Waals surface area contributed by atoms with E-state index in [0.29, 0.717) is 5.75 Å². The van der Waals surface area contributed by atoms with Crippen molar-refractivity contribution in [2.45, 2.75) is 26.9 Å². The van der Waals surface area contributed by atoms with Crippen molar-refractivity contribution < 1.29 is 9.84 Å². The summed E-state index contributed by atoms with van der Waals surface area (Å²) < 4.78 is 6.20. The van der Waals surface area contributed by atoms with E-state index in [9.17, 15) is 5.11 Å². The maximum absolute atomic E-state index is 10.2. The Hall–Kier alpha value is -0.540. The Kier molecular flexibility index (Phi) is 3.79. The van der Waals surface area contributed by atoms with Gasteiger partial charge in [-0.3, -0.25) is 0 Å². The van der Waals surface area contributed by atoms with Crippen molar-refractivity contribution in [3.8, 4) is 5.75 Å². The molecule has 0 aliphatic carbocycles. The Bertz CT molecular complexity index is 342. The Balaban J connectivity index is 3.14. The van der Waals surface area contributed by atoms with Crippen LogP contribution >= 0.6 is 15.9 Å². The van der Waals surface area contributed by atoms with Gasteiger partial charge in [-0.05, 0) is 17.5 Å². The van der Waals surface area contributed by atoms with E-state index in [2.05, 4.69) is 15.9 Å². The minimum absolute atomic E-state index is 0.193. The topological polar surface area (TPSA) is 29.5 Å². The fourth-order valence-electron chi connectivity index (χ4n) is 1.38. The molecular formula is C12H17BrO2. The van der Waals surface area contributed by atoms with Crippen molar-refractivity contribution in [3.05, 3.63) is 28.2 Å². The second-order valence-electron chi connectivity index (χ2n) is 4.65.